The first kappa shape index (κ1) is 19.9. The van der Waals surface area contributed by atoms with Gasteiger partial charge >= 0.3 is 8.80 Å². The smallest absolute Gasteiger partial charge is 0.373 e. The molecule has 0 aliphatic carbocycles. The first-order valence-corrected chi connectivity index (χ1v) is 9.40. The second kappa shape index (κ2) is 11.5. The van der Waals surface area contributed by atoms with Crippen LogP contribution in [-0.2, 0) is 18.1 Å². The molecule has 0 saturated heterocycles. The van der Waals surface area contributed by atoms with Crippen LogP contribution in [0.5, 0.6) is 0 Å². The van der Waals surface area contributed by atoms with E-state index in [4.69, 9.17) is 25.5 Å². The summed E-state index contributed by atoms with van der Waals surface area (Å²) in [5, 5.41) is 0. The lowest BCUT2D eigenvalue weighted by Gasteiger charge is -2.24. The molecule has 0 fully saturated rings. The highest BCUT2D eigenvalue weighted by Crippen LogP contribution is 2.14. The van der Waals surface area contributed by atoms with Crippen molar-refractivity contribution in [2.75, 3.05) is 21.3 Å². The Bertz CT molecular complexity index is 285. The average molecular weight is 321 g/mol. The number of Topliss-reactive ketones (excluding diaryl/α,β-unsaturated/α-hetero) is 1. The normalized spacial score (nSPS) is 11.6. The summed E-state index contributed by atoms with van der Waals surface area (Å²) in [7, 11) is 1.73. The topological polar surface area (TPSA) is 44.8 Å². The van der Waals surface area contributed by atoms with Crippen molar-refractivity contribution in [2.45, 2.75) is 58.3 Å². The number of hydrogen-bond acceptors (Lipinski definition) is 5. The molecule has 0 heterocycles. The number of unbranched alkanes of at least 4 members (excludes halogenated alkanes) is 4. The molecule has 0 atom stereocenters. The molecule has 4 nitrogen and oxygen atoms in total. The molecular formula is C14H28O4SSi. The fourth-order valence-corrected chi connectivity index (χ4v) is 4.51. The molecule has 6 heteroatoms. The molecule has 0 unspecified atom stereocenters. The number of thiocarbonyl (C=S) groups is 1. The van der Waals surface area contributed by atoms with E-state index in [0.29, 0.717) is 23.8 Å². The van der Waals surface area contributed by atoms with Crippen LogP contribution in [-0.4, -0.2) is 40.4 Å². The van der Waals surface area contributed by atoms with E-state index in [1.807, 2.05) is 0 Å². The molecule has 118 valence electrons. The van der Waals surface area contributed by atoms with Crippen molar-refractivity contribution in [3.63, 3.8) is 0 Å². The van der Waals surface area contributed by atoms with E-state index >= 15 is 0 Å². The van der Waals surface area contributed by atoms with Gasteiger partial charge in [0.25, 0.3) is 0 Å². The molecule has 0 aliphatic heterocycles. The van der Waals surface area contributed by atoms with E-state index in [1.165, 1.54) is 40.6 Å². The highest BCUT2D eigenvalue weighted by atomic mass is 32.1. The Hall–Kier alpha value is -0.143. The van der Waals surface area contributed by atoms with Crippen LogP contribution < -0.4 is 0 Å². The fourth-order valence-electron chi connectivity index (χ4n) is 2.05. The van der Waals surface area contributed by atoms with E-state index in [1.54, 1.807) is 0 Å². The van der Waals surface area contributed by atoms with Crippen LogP contribution in [0.4, 0.5) is 0 Å². The van der Waals surface area contributed by atoms with Gasteiger partial charge in [0.2, 0.25) is 0 Å². The second-order valence-electron chi connectivity index (χ2n) is 4.79. The third kappa shape index (κ3) is 7.03. The first-order chi connectivity index (χ1) is 9.56. The molecule has 0 saturated carbocycles. The Kier molecular flexibility index (Phi) is 11.4. The van der Waals surface area contributed by atoms with E-state index in [9.17, 15) is 4.79 Å². The maximum absolute atomic E-state index is 11.8. The molecule has 0 spiro atoms. The van der Waals surface area contributed by atoms with Crippen molar-refractivity contribution in [1.82, 2.24) is 0 Å². The molecular weight excluding hydrogens is 292 g/mol. The molecule has 0 aromatic rings. The van der Waals surface area contributed by atoms with Gasteiger partial charge in [-0.3, -0.25) is 4.79 Å². The Morgan fingerprint density at radius 2 is 1.45 bits per heavy atom. The van der Waals surface area contributed by atoms with Gasteiger partial charge < -0.3 is 13.3 Å². The minimum atomic E-state index is -2.86. The predicted octanol–water partition coefficient (Wildman–Crippen LogP) is 3.48. The van der Waals surface area contributed by atoms with Crippen LogP contribution in [0.2, 0.25) is 0 Å². The molecule has 0 bridgehead atoms. The van der Waals surface area contributed by atoms with Gasteiger partial charge in [-0.1, -0.05) is 44.8 Å². The summed E-state index contributed by atoms with van der Waals surface area (Å²) >= 11 is 5.31. The molecule has 0 radical (unpaired) electrons. The number of ketones is 1. The molecule has 0 aliphatic rings. The van der Waals surface area contributed by atoms with Crippen LogP contribution >= 0.6 is 12.2 Å². The van der Waals surface area contributed by atoms with Crippen LogP contribution in [0.1, 0.15) is 58.3 Å². The van der Waals surface area contributed by atoms with Crippen LogP contribution in [0.3, 0.4) is 0 Å². The lowest BCUT2D eigenvalue weighted by atomic mass is 10.1. The molecule has 0 rings (SSSR count). The van der Waals surface area contributed by atoms with Gasteiger partial charge in [0.15, 0.2) is 0 Å². The predicted molar refractivity (Wildman–Crippen MR) is 87.0 cm³/mol. The van der Waals surface area contributed by atoms with Crippen molar-refractivity contribution in [1.29, 1.82) is 0 Å². The van der Waals surface area contributed by atoms with Gasteiger partial charge in [0, 0.05) is 34.2 Å². The number of carbonyl (C=O) groups is 1. The SMILES string of the molecule is CCCCCCCC(=O)CCC(=S)[Si](OC)(OC)OC. The third-order valence-electron chi connectivity index (χ3n) is 3.34. The van der Waals surface area contributed by atoms with Crippen molar-refractivity contribution >= 4 is 31.3 Å². The highest BCUT2D eigenvalue weighted by molar-refractivity contribution is 7.84. The number of hydrogen-bond donors (Lipinski definition) is 0. The molecule has 0 amide bonds. The van der Waals surface area contributed by atoms with E-state index < -0.39 is 8.80 Å². The molecule has 0 aromatic carbocycles. The monoisotopic (exact) mass is 320 g/mol. The Balaban J connectivity index is 3.96. The van der Waals surface area contributed by atoms with Gasteiger partial charge in [-0.2, -0.15) is 0 Å². The third-order valence-corrected chi connectivity index (χ3v) is 6.84. The maximum Gasteiger partial charge on any atom is 0.543 e. The van der Waals surface area contributed by atoms with Crippen molar-refractivity contribution < 1.29 is 18.1 Å². The zero-order valence-electron chi connectivity index (χ0n) is 13.2. The summed E-state index contributed by atoms with van der Waals surface area (Å²) in [6, 6.07) is 0. The Morgan fingerprint density at radius 3 is 1.95 bits per heavy atom. The minimum Gasteiger partial charge on any atom is -0.373 e. The van der Waals surface area contributed by atoms with Crippen LogP contribution in [0.25, 0.3) is 0 Å². The summed E-state index contributed by atoms with van der Waals surface area (Å²) in [6.07, 6.45) is 7.41. The number of rotatable bonds is 13. The van der Waals surface area contributed by atoms with E-state index in [0.717, 1.165) is 12.8 Å². The summed E-state index contributed by atoms with van der Waals surface area (Å²) < 4.78 is 16.5. The van der Waals surface area contributed by atoms with Crippen molar-refractivity contribution in [3.8, 4) is 0 Å². The molecule has 0 N–H and O–H groups in total. The minimum absolute atomic E-state index is 0.259. The fraction of sp³-hybridized carbons (Fsp3) is 0.857. The summed E-state index contributed by atoms with van der Waals surface area (Å²) in [6.45, 7) is 2.18. The number of carbonyl (C=O) groups excluding carboxylic acids is 1. The van der Waals surface area contributed by atoms with Gasteiger partial charge in [-0.15, -0.1) is 0 Å². The summed E-state index contributed by atoms with van der Waals surface area (Å²) in [5.74, 6) is 0.259. The summed E-state index contributed by atoms with van der Waals surface area (Å²) in [4.78, 5) is 11.8. The lowest BCUT2D eigenvalue weighted by Crippen LogP contribution is -2.50. The Morgan fingerprint density at radius 1 is 0.900 bits per heavy atom. The zero-order valence-corrected chi connectivity index (χ0v) is 15.0. The largest absolute Gasteiger partial charge is 0.543 e. The van der Waals surface area contributed by atoms with Crippen LogP contribution in [0, 0.1) is 0 Å². The van der Waals surface area contributed by atoms with E-state index in [2.05, 4.69) is 6.92 Å². The average Bonchev–Trinajstić information content (AvgIpc) is 2.47. The van der Waals surface area contributed by atoms with E-state index in [-0.39, 0.29) is 5.78 Å². The lowest BCUT2D eigenvalue weighted by molar-refractivity contribution is -0.119. The molecule has 0 aromatic heterocycles. The van der Waals surface area contributed by atoms with Crippen molar-refractivity contribution in [3.05, 3.63) is 0 Å². The quantitative estimate of drug-likeness (QED) is 0.295. The van der Waals surface area contributed by atoms with Gasteiger partial charge in [-0.05, 0) is 12.8 Å². The Labute approximate surface area is 129 Å². The van der Waals surface area contributed by atoms with Crippen LogP contribution in [0.15, 0.2) is 0 Å². The highest BCUT2D eigenvalue weighted by Gasteiger charge is 2.43. The maximum atomic E-state index is 11.8. The second-order valence-corrected chi connectivity index (χ2v) is 8.59. The van der Waals surface area contributed by atoms with Gasteiger partial charge in [0.1, 0.15) is 5.78 Å². The molecule has 20 heavy (non-hydrogen) atoms. The van der Waals surface area contributed by atoms with Gasteiger partial charge in [-0.25, -0.2) is 0 Å². The summed E-state index contributed by atoms with van der Waals surface area (Å²) in [5.41, 5.74) is 0. The zero-order chi connectivity index (χ0) is 15.4. The van der Waals surface area contributed by atoms with Gasteiger partial charge in [0.05, 0.1) is 4.49 Å². The standard InChI is InChI=1S/C14H28O4SSi/c1-5-6-7-8-9-10-13(15)11-12-14(19)20(16-2,17-3)18-4/h5-12H2,1-4H3. The first-order valence-electron chi connectivity index (χ1n) is 7.26. The van der Waals surface area contributed by atoms with Crippen molar-refractivity contribution in [2.24, 2.45) is 0 Å².